The van der Waals surface area contributed by atoms with Gasteiger partial charge in [0.25, 0.3) is 0 Å². The molecule has 0 aliphatic heterocycles. The van der Waals surface area contributed by atoms with Crippen molar-refractivity contribution in [3.8, 4) is 11.5 Å². The van der Waals surface area contributed by atoms with Crippen LogP contribution in [0.4, 0.5) is 10.5 Å². The fraction of sp³-hybridized carbons (Fsp3) is 0.381. The van der Waals surface area contributed by atoms with Crippen LogP contribution in [-0.2, 0) is 5.41 Å². The third-order valence-electron chi connectivity index (χ3n) is 3.98. The van der Waals surface area contributed by atoms with Crippen LogP contribution in [-0.4, -0.2) is 26.3 Å². The molecule has 5 nitrogen and oxygen atoms in total. The third kappa shape index (κ3) is 5.69. The predicted molar refractivity (Wildman–Crippen MR) is 105 cm³/mol. The number of carbonyl (C=O) groups is 1. The number of ether oxygens (including phenoxy) is 2. The van der Waals surface area contributed by atoms with Crippen molar-refractivity contribution in [3.63, 3.8) is 0 Å². The number of urea groups is 1. The molecule has 0 atom stereocenters. The highest BCUT2D eigenvalue weighted by atomic mass is 16.5. The lowest BCUT2D eigenvalue weighted by atomic mass is 9.87. The average molecular weight is 356 g/mol. The quantitative estimate of drug-likeness (QED) is 0.749. The van der Waals surface area contributed by atoms with E-state index in [0.29, 0.717) is 24.6 Å². The SMILES string of the molecule is COc1ccc(C)cc1NC(=O)NCCOc1ccc(C(C)(C)C)cc1. The van der Waals surface area contributed by atoms with Crippen LogP contribution in [0.25, 0.3) is 0 Å². The summed E-state index contributed by atoms with van der Waals surface area (Å²) in [5.41, 5.74) is 3.07. The monoisotopic (exact) mass is 356 g/mol. The molecule has 2 rings (SSSR count). The van der Waals surface area contributed by atoms with Gasteiger partial charge in [0.15, 0.2) is 0 Å². The van der Waals surface area contributed by atoms with Crippen molar-refractivity contribution in [2.24, 2.45) is 0 Å². The second-order valence-corrected chi connectivity index (χ2v) is 7.21. The molecule has 0 saturated carbocycles. The highest BCUT2D eigenvalue weighted by molar-refractivity contribution is 5.91. The van der Waals surface area contributed by atoms with Crippen LogP contribution in [0.1, 0.15) is 31.9 Å². The standard InChI is InChI=1S/C21H28N2O3/c1-15-6-11-19(25-5)18(14-15)23-20(24)22-12-13-26-17-9-7-16(8-10-17)21(2,3)4/h6-11,14H,12-13H2,1-5H3,(H2,22,23,24). The number of hydrogen-bond acceptors (Lipinski definition) is 3. The third-order valence-corrected chi connectivity index (χ3v) is 3.98. The molecule has 0 aliphatic rings. The van der Waals surface area contributed by atoms with Gasteiger partial charge in [0, 0.05) is 0 Å². The smallest absolute Gasteiger partial charge is 0.319 e. The number of aryl methyl sites for hydroxylation is 1. The van der Waals surface area contributed by atoms with E-state index in [1.807, 2.05) is 37.3 Å². The van der Waals surface area contributed by atoms with Gasteiger partial charge in [-0.05, 0) is 47.7 Å². The molecule has 0 bridgehead atoms. The largest absolute Gasteiger partial charge is 0.495 e. The lowest BCUT2D eigenvalue weighted by Crippen LogP contribution is -2.32. The van der Waals surface area contributed by atoms with Crippen molar-refractivity contribution in [2.75, 3.05) is 25.6 Å². The second-order valence-electron chi connectivity index (χ2n) is 7.21. The van der Waals surface area contributed by atoms with E-state index in [1.165, 1.54) is 5.56 Å². The summed E-state index contributed by atoms with van der Waals surface area (Å²) < 4.78 is 10.9. The highest BCUT2D eigenvalue weighted by Gasteiger charge is 2.13. The number of anilines is 1. The van der Waals surface area contributed by atoms with Gasteiger partial charge in [0.2, 0.25) is 0 Å². The Balaban J connectivity index is 1.78. The van der Waals surface area contributed by atoms with E-state index in [1.54, 1.807) is 7.11 Å². The lowest BCUT2D eigenvalue weighted by Gasteiger charge is -2.19. The minimum absolute atomic E-state index is 0.120. The molecule has 0 spiro atoms. The minimum atomic E-state index is -0.291. The first-order valence-corrected chi connectivity index (χ1v) is 8.72. The fourth-order valence-electron chi connectivity index (χ4n) is 2.47. The van der Waals surface area contributed by atoms with Gasteiger partial charge < -0.3 is 20.1 Å². The molecule has 0 fully saturated rings. The Morgan fingerprint density at radius 1 is 1.08 bits per heavy atom. The van der Waals surface area contributed by atoms with Crippen molar-refractivity contribution in [1.29, 1.82) is 0 Å². The summed E-state index contributed by atoms with van der Waals surface area (Å²) in [5.74, 6) is 1.42. The van der Waals surface area contributed by atoms with Crippen molar-refractivity contribution < 1.29 is 14.3 Å². The van der Waals surface area contributed by atoms with E-state index < -0.39 is 0 Å². The summed E-state index contributed by atoms with van der Waals surface area (Å²) in [6.07, 6.45) is 0. The first kappa shape index (κ1) is 19.6. The number of carbonyl (C=O) groups excluding carboxylic acids is 1. The molecule has 26 heavy (non-hydrogen) atoms. The van der Waals surface area contributed by atoms with Gasteiger partial charge in [-0.15, -0.1) is 0 Å². The molecular weight excluding hydrogens is 328 g/mol. The van der Waals surface area contributed by atoms with Crippen LogP contribution < -0.4 is 20.1 Å². The molecular formula is C21H28N2O3. The van der Waals surface area contributed by atoms with Crippen LogP contribution in [0.2, 0.25) is 0 Å². The van der Waals surface area contributed by atoms with Gasteiger partial charge in [-0.25, -0.2) is 4.79 Å². The highest BCUT2D eigenvalue weighted by Crippen LogP contribution is 2.25. The molecule has 140 valence electrons. The van der Waals surface area contributed by atoms with Crippen LogP contribution in [0, 0.1) is 6.92 Å². The molecule has 5 heteroatoms. The van der Waals surface area contributed by atoms with Crippen molar-refractivity contribution in [2.45, 2.75) is 33.1 Å². The molecule has 0 unspecified atom stereocenters. The topological polar surface area (TPSA) is 59.6 Å². The first-order valence-electron chi connectivity index (χ1n) is 8.72. The van der Waals surface area contributed by atoms with E-state index in [9.17, 15) is 4.79 Å². The maximum atomic E-state index is 12.0. The van der Waals surface area contributed by atoms with Crippen molar-refractivity contribution in [1.82, 2.24) is 5.32 Å². The van der Waals surface area contributed by atoms with Gasteiger partial charge in [0.1, 0.15) is 18.1 Å². The number of rotatable bonds is 6. The Morgan fingerprint density at radius 2 is 1.77 bits per heavy atom. The van der Waals surface area contributed by atoms with Crippen molar-refractivity contribution in [3.05, 3.63) is 53.6 Å². The zero-order valence-corrected chi connectivity index (χ0v) is 16.2. The maximum Gasteiger partial charge on any atom is 0.319 e. The molecule has 2 aromatic rings. The Bertz CT molecular complexity index is 734. The summed E-state index contributed by atoms with van der Waals surface area (Å²) in [5, 5.41) is 5.57. The molecule has 0 radical (unpaired) electrons. The minimum Gasteiger partial charge on any atom is -0.495 e. The van der Waals surface area contributed by atoms with Gasteiger partial charge in [-0.2, -0.15) is 0 Å². The molecule has 0 heterocycles. The number of methoxy groups -OCH3 is 1. The average Bonchev–Trinajstić information content (AvgIpc) is 2.58. The summed E-state index contributed by atoms with van der Waals surface area (Å²) in [6, 6.07) is 13.4. The Hall–Kier alpha value is -2.69. The van der Waals surface area contributed by atoms with Crippen LogP contribution in [0.3, 0.4) is 0 Å². The van der Waals surface area contributed by atoms with Crippen LogP contribution in [0.15, 0.2) is 42.5 Å². The molecule has 2 amide bonds. The van der Waals surface area contributed by atoms with Gasteiger partial charge in [-0.1, -0.05) is 39.0 Å². The van der Waals surface area contributed by atoms with E-state index in [0.717, 1.165) is 11.3 Å². The molecule has 2 aromatic carbocycles. The Morgan fingerprint density at radius 3 is 2.38 bits per heavy atom. The molecule has 2 N–H and O–H groups in total. The molecule has 0 aromatic heterocycles. The molecule has 0 saturated heterocycles. The normalized spacial score (nSPS) is 11.0. The summed E-state index contributed by atoms with van der Waals surface area (Å²) in [6.45, 7) is 9.29. The fourth-order valence-corrected chi connectivity index (χ4v) is 2.47. The number of nitrogens with one attached hydrogen (secondary N) is 2. The number of hydrogen-bond donors (Lipinski definition) is 2. The number of amides is 2. The lowest BCUT2D eigenvalue weighted by molar-refractivity contribution is 0.247. The molecule has 0 aliphatic carbocycles. The zero-order valence-electron chi connectivity index (χ0n) is 16.2. The van der Waals surface area contributed by atoms with Gasteiger partial charge in [0.05, 0.1) is 19.3 Å². The number of benzene rings is 2. The van der Waals surface area contributed by atoms with E-state index >= 15 is 0 Å². The first-order chi connectivity index (χ1) is 12.3. The zero-order chi connectivity index (χ0) is 19.2. The summed E-state index contributed by atoms with van der Waals surface area (Å²) >= 11 is 0. The van der Waals surface area contributed by atoms with E-state index in [2.05, 4.69) is 43.5 Å². The predicted octanol–water partition coefficient (Wildman–Crippen LogP) is 4.50. The van der Waals surface area contributed by atoms with E-state index in [4.69, 9.17) is 9.47 Å². The van der Waals surface area contributed by atoms with Gasteiger partial charge in [-0.3, -0.25) is 0 Å². The second kappa shape index (κ2) is 8.61. The van der Waals surface area contributed by atoms with Crippen LogP contribution in [0.5, 0.6) is 11.5 Å². The summed E-state index contributed by atoms with van der Waals surface area (Å²) in [4.78, 5) is 12.0. The van der Waals surface area contributed by atoms with Crippen molar-refractivity contribution >= 4 is 11.7 Å². The van der Waals surface area contributed by atoms with Gasteiger partial charge >= 0.3 is 6.03 Å². The maximum absolute atomic E-state index is 12.0. The summed E-state index contributed by atoms with van der Waals surface area (Å²) in [7, 11) is 1.58. The Kier molecular flexibility index (Phi) is 6.50. The van der Waals surface area contributed by atoms with E-state index in [-0.39, 0.29) is 11.4 Å². The Labute approximate surface area is 155 Å². The van der Waals surface area contributed by atoms with Crippen LogP contribution >= 0.6 is 0 Å².